The molecule has 5 nitrogen and oxygen atoms in total. The Labute approximate surface area is 431 Å². The van der Waals surface area contributed by atoms with E-state index in [1.165, 1.54) is 263 Å². The second-order valence-corrected chi connectivity index (χ2v) is 21.3. The van der Waals surface area contributed by atoms with Gasteiger partial charge in [0.25, 0.3) is 0 Å². The molecule has 406 valence electrons. The van der Waals surface area contributed by atoms with Crippen molar-refractivity contribution < 1.29 is 20.1 Å². The van der Waals surface area contributed by atoms with E-state index in [4.69, 9.17) is 0 Å². The van der Waals surface area contributed by atoms with Gasteiger partial charge in [-0.3, -0.25) is 4.79 Å². The van der Waals surface area contributed by atoms with Gasteiger partial charge in [-0.25, -0.2) is 0 Å². The maximum Gasteiger partial charge on any atom is 0.222 e. The highest BCUT2D eigenvalue weighted by molar-refractivity contribution is 5.76. The lowest BCUT2D eigenvalue weighted by atomic mass is 10.0. The summed E-state index contributed by atoms with van der Waals surface area (Å²) in [4.78, 5) is 12.5. The molecule has 0 aromatic rings. The second-order valence-electron chi connectivity index (χ2n) is 21.3. The van der Waals surface area contributed by atoms with E-state index in [1.807, 2.05) is 6.08 Å². The summed E-state index contributed by atoms with van der Waals surface area (Å²) in [6.07, 6.45) is 79.1. The van der Waals surface area contributed by atoms with Crippen molar-refractivity contribution in [2.24, 2.45) is 0 Å². The second kappa shape index (κ2) is 58.9. The number of carbonyl (C=O) groups is 1. The van der Waals surface area contributed by atoms with Crippen molar-refractivity contribution in [3.63, 3.8) is 0 Å². The van der Waals surface area contributed by atoms with E-state index in [0.717, 1.165) is 38.5 Å². The number of carbonyl (C=O) groups excluding carboxylic acids is 1. The molecule has 69 heavy (non-hydrogen) atoms. The van der Waals surface area contributed by atoms with Gasteiger partial charge in [0.15, 0.2) is 0 Å². The first-order chi connectivity index (χ1) is 34.0. The summed E-state index contributed by atoms with van der Waals surface area (Å²) in [6.45, 7) is 4.23. The molecular formula is C64H121NO4. The SMILES string of the molecule is CCCCCCCCCCCCC/C=C/CC/C=C/C(O)C(CO)NC(=O)CC(O)CCCCCCCCCCCCCCCCC/C=C\C/C=C\CCCCCCCCCCCCCCCCC. The molecule has 0 aliphatic heterocycles. The zero-order valence-corrected chi connectivity index (χ0v) is 46.5. The highest BCUT2D eigenvalue weighted by Gasteiger charge is 2.20. The third kappa shape index (κ3) is 55.5. The lowest BCUT2D eigenvalue weighted by Gasteiger charge is -2.21. The fourth-order valence-electron chi connectivity index (χ4n) is 9.63. The van der Waals surface area contributed by atoms with Crippen LogP contribution in [0, 0.1) is 0 Å². The fourth-order valence-corrected chi connectivity index (χ4v) is 9.63. The molecule has 0 fully saturated rings. The largest absolute Gasteiger partial charge is 0.394 e. The molecule has 0 saturated carbocycles. The van der Waals surface area contributed by atoms with Gasteiger partial charge in [-0.05, 0) is 64.2 Å². The summed E-state index contributed by atoms with van der Waals surface area (Å²) in [6, 6.07) is -0.762. The van der Waals surface area contributed by atoms with Gasteiger partial charge in [0.1, 0.15) is 0 Å². The summed E-state index contributed by atoms with van der Waals surface area (Å²) in [5.74, 6) is -0.322. The Kier molecular flexibility index (Phi) is 57.4. The maximum atomic E-state index is 12.5. The summed E-state index contributed by atoms with van der Waals surface area (Å²) in [5.41, 5.74) is 0. The molecule has 0 aliphatic rings. The van der Waals surface area contributed by atoms with Crippen molar-refractivity contribution in [2.45, 2.75) is 347 Å². The summed E-state index contributed by atoms with van der Waals surface area (Å²) >= 11 is 0. The van der Waals surface area contributed by atoms with E-state index in [9.17, 15) is 20.1 Å². The van der Waals surface area contributed by atoms with Gasteiger partial charge in [-0.2, -0.15) is 0 Å². The van der Waals surface area contributed by atoms with E-state index in [1.54, 1.807) is 6.08 Å². The molecule has 0 aromatic heterocycles. The Morgan fingerprint density at radius 2 is 0.667 bits per heavy atom. The predicted molar refractivity (Wildman–Crippen MR) is 305 cm³/mol. The topological polar surface area (TPSA) is 89.8 Å². The molecule has 0 bridgehead atoms. The van der Waals surface area contributed by atoms with E-state index < -0.39 is 18.2 Å². The first-order valence-corrected chi connectivity index (χ1v) is 30.9. The van der Waals surface area contributed by atoms with Gasteiger partial charge < -0.3 is 20.6 Å². The average molecular weight is 969 g/mol. The molecule has 0 saturated heterocycles. The number of rotatable bonds is 57. The van der Waals surface area contributed by atoms with Crippen molar-refractivity contribution in [2.75, 3.05) is 6.61 Å². The normalized spacial score (nSPS) is 13.5. The first kappa shape index (κ1) is 67.3. The lowest BCUT2D eigenvalue weighted by molar-refractivity contribution is -0.124. The minimum Gasteiger partial charge on any atom is -0.394 e. The van der Waals surface area contributed by atoms with Crippen molar-refractivity contribution in [3.8, 4) is 0 Å². The molecule has 0 radical (unpaired) electrons. The monoisotopic (exact) mass is 968 g/mol. The standard InChI is InChI=1S/C64H121NO4/c1-3-5-7-9-11-13-15-17-19-21-22-23-24-25-26-27-28-29-30-31-32-33-34-35-36-37-38-39-40-42-43-45-47-49-51-53-55-57-61(67)59-64(69)65-62(60-66)63(68)58-56-54-52-50-48-46-44-41-20-18-16-14-12-10-8-6-4-2/h28-29,31-32,48,50,56,58,61-63,66-68H,3-27,30,33-47,49,51-55,57,59-60H2,1-2H3,(H,65,69)/b29-28-,32-31-,50-48+,58-56+. The smallest absolute Gasteiger partial charge is 0.222 e. The third-order valence-electron chi connectivity index (χ3n) is 14.3. The minimum absolute atomic E-state index is 0.00627. The Morgan fingerprint density at radius 1 is 0.377 bits per heavy atom. The number of allylic oxidation sites excluding steroid dienone is 7. The molecule has 0 rings (SSSR count). The predicted octanol–water partition coefficient (Wildman–Crippen LogP) is 19.6. The van der Waals surface area contributed by atoms with Crippen molar-refractivity contribution in [3.05, 3.63) is 48.6 Å². The van der Waals surface area contributed by atoms with Crippen LogP contribution in [-0.4, -0.2) is 46.1 Å². The zero-order valence-electron chi connectivity index (χ0n) is 46.5. The molecular weight excluding hydrogens is 847 g/mol. The first-order valence-electron chi connectivity index (χ1n) is 30.9. The van der Waals surface area contributed by atoms with Crippen LogP contribution in [0.3, 0.4) is 0 Å². The van der Waals surface area contributed by atoms with E-state index in [2.05, 4.69) is 55.6 Å². The van der Waals surface area contributed by atoms with Gasteiger partial charge in [0, 0.05) is 0 Å². The van der Waals surface area contributed by atoms with Gasteiger partial charge in [0.05, 0.1) is 31.3 Å². The van der Waals surface area contributed by atoms with Crippen LogP contribution in [0.15, 0.2) is 48.6 Å². The van der Waals surface area contributed by atoms with Gasteiger partial charge >= 0.3 is 0 Å². The number of hydrogen-bond donors (Lipinski definition) is 4. The van der Waals surface area contributed by atoms with Gasteiger partial charge in [-0.15, -0.1) is 0 Å². The summed E-state index contributed by atoms with van der Waals surface area (Å²) in [7, 11) is 0. The van der Waals surface area contributed by atoms with Crippen molar-refractivity contribution >= 4 is 5.91 Å². The molecule has 3 unspecified atom stereocenters. The van der Waals surface area contributed by atoms with Gasteiger partial charge in [0.2, 0.25) is 5.91 Å². The van der Waals surface area contributed by atoms with Crippen LogP contribution < -0.4 is 5.32 Å². The fraction of sp³-hybridized carbons (Fsp3) is 0.859. The van der Waals surface area contributed by atoms with Crippen LogP contribution in [0.2, 0.25) is 0 Å². The maximum absolute atomic E-state index is 12.5. The van der Waals surface area contributed by atoms with Crippen LogP contribution in [0.5, 0.6) is 0 Å². The van der Waals surface area contributed by atoms with Crippen molar-refractivity contribution in [1.29, 1.82) is 0 Å². The minimum atomic E-state index is -0.953. The lowest BCUT2D eigenvalue weighted by Crippen LogP contribution is -2.45. The number of nitrogens with one attached hydrogen (secondary N) is 1. The highest BCUT2D eigenvalue weighted by atomic mass is 16.3. The molecule has 1 amide bonds. The van der Waals surface area contributed by atoms with E-state index in [-0.39, 0.29) is 18.9 Å². The van der Waals surface area contributed by atoms with Gasteiger partial charge in [-0.1, -0.05) is 306 Å². The van der Waals surface area contributed by atoms with Crippen LogP contribution in [0.25, 0.3) is 0 Å². The molecule has 0 aromatic carbocycles. The van der Waals surface area contributed by atoms with Crippen molar-refractivity contribution in [1.82, 2.24) is 5.32 Å². The molecule has 4 N–H and O–H groups in total. The Balaban J connectivity index is 3.52. The highest BCUT2D eigenvalue weighted by Crippen LogP contribution is 2.17. The van der Waals surface area contributed by atoms with Crippen LogP contribution in [0.4, 0.5) is 0 Å². The Bertz CT molecular complexity index is 1110. The number of aliphatic hydroxyl groups excluding tert-OH is 3. The number of hydrogen-bond acceptors (Lipinski definition) is 4. The van der Waals surface area contributed by atoms with Crippen LogP contribution >= 0.6 is 0 Å². The van der Waals surface area contributed by atoms with E-state index >= 15 is 0 Å². The Hall–Kier alpha value is -1.69. The summed E-state index contributed by atoms with van der Waals surface area (Å²) < 4.78 is 0. The van der Waals surface area contributed by atoms with E-state index in [0.29, 0.717) is 6.42 Å². The third-order valence-corrected chi connectivity index (χ3v) is 14.3. The zero-order chi connectivity index (χ0) is 50.0. The molecule has 5 heteroatoms. The average Bonchev–Trinajstić information content (AvgIpc) is 3.35. The number of aliphatic hydroxyl groups is 3. The number of amides is 1. The molecule has 0 aliphatic carbocycles. The number of unbranched alkanes of at least 4 members (excludes halogenated alkanes) is 42. The van der Waals surface area contributed by atoms with Crippen LogP contribution in [0.1, 0.15) is 328 Å². The summed E-state index contributed by atoms with van der Waals surface area (Å²) in [5, 5.41) is 33.4. The Morgan fingerprint density at radius 3 is 1.01 bits per heavy atom. The molecule has 0 spiro atoms. The van der Waals surface area contributed by atoms with Crippen LogP contribution in [-0.2, 0) is 4.79 Å². The molecule has 0 heterocycles. The molecule has 3 atom stereocenters. The quantitative estimate of drug-likeness (QED) is 0.0361.